The van der Waals surface area contributed by atoms with Crippen LogP contribution in [-0.2, 0) is 13.0 Å². The second-order valence-electron chi connectivity index (χ2n) is 4.72. The first-order valence-corrected chi connectivity index (χ1v) is 6.67. The van der Waals surface area contributed by atoms with Crippen LogP contribution < -0.4 is 10.2 Å². The molecule has 3 rings (SSSR count). The molecule has 0 atom stereocenters. The minimum atomic E-state index is -0.0353. The van der Waals surface area contributed by atoms with Gasteiger partial charge in [0, 0.05) is 18.9 Å². The van der Waals surface area contributed by atoms with Crippen LogP contribution in [0.15, 0.2) is 30.5 Å². The van der Waals surface area contributed by atoms with Gasteiger partial charge in [0.2, 0.25) is 5.95 Å². The second kappa shape index (κ2) is 4.92. The van der Waals surface area contributed by atoms with Crippen molar-refractivity contribution in [2.45, 2.75) is 19.9 Å². The minimum Gasteiger partial charge on any atom is -0.357 e. The first-order valence-electron chi connectivity index (χ1n) is 6.67. The van der Waals surface area contributed by atoms with Crippen molar-refractivity contribution in [1.82, 2.24) is 9.97 Å². The van der Waals surface area contributed by atoms with Crippen LogP contribution in [0.4, 0.5) is 11.6 Å². The Labute approximate surface area is 117 Å². The molecule has 20 heavy (non-hydrogen) atoms. The van der Waals surface area contributed by atoms with Crippen LogP contribution in [0.5, 0.6) is 0 Å². The smallest absolute Gasteiger partial charge is 0.262 e. The molecule has 5 nitrogen and oxygen atoms in total. The molecular weight excluding hydrogens is 252 g/mol. The lowest BCUT2D eigenvalue weighted by molar-refractivity contribution is 0.0996. The lowest BCUT2D eigenvalue weighted by atomic mass is 10.1. The third kappa shape index (κ3) is 2.01. The highest BCUT2D eigenvalue weighted by Gasteiger charge is 2.30. The highest BCUT2D eigenvalue weighted by atomic mass is 16.2. The van der Waals surface area contributed by atoms with Gasteiger partial charge in [0.1, 0.15) is 0 Å². The van der Waals surface area contributed by atoms with Gasteiger partial charge in [-0.3, -0.25) is 4.79 Å². The van der Waals surface area contributed by atoms with Crippen molar-refractivity contribution in [3.8, 4) is 0 Å². The molecule has 0 bridgehead atoms. The Morgan fingerprint density at radius 1 is 1.30 bits per heavy atom. The highest BCUT2D eigenvalue weighted by Crippen LogP contribution is 2.27. The zero-order valence-electron chi connectivity index (χ0n) is 11.6. The van der Waals surface area contributed by atoms with E-state index >= 15 is 0 Å². The summed E-state index contributed by atoms with van der Waals surface area (Å²) in [5, 5.41) is 2.89. The predicted octanol–water partition coefficient (Wildman–Crippen LogP) is 2.24. The van der Waals surface area contributed by atoms with E-state index in [2.05, 4.69) is 34.3 Å². The van der Waals surface area contributed by atoms with Crippen molar-refractivity contribution in [2.75, 3.05) is 17.3 Å². The summed E-state index contributed by atoms with van der Waals surface area (Å²) in [6, 6.07) is 8.07. The Balaban J connectivity index is 1.92. The first-order chi connectivity index (χ1) is 9.72. The summed E-state index contributed by atoms with van der Waals surface area (Å²) < 4.78 is 0. The maximum atomic E-state index is 12.4. The van der Waals surface area contributed by atoms with Gasteiger partial charge in [0.25, 0.3) is 5.91 Å². The molecule has 0 aliphatic carbocycles. The number of fused-ring (bicyclic) bond motifs is 1. The Kier molecular flexibility index (Phi) is 3.10. The Morgan fingerprint density at radius 2 is 2.05 bits per heavy atom. The number of aromatic nitrogens is 2. The highest BCUT2D eigenvalue weighted by molar-refractivity contribution is 6.09. The van der Waals surface area contributed by atoms with Crippen LogP contribution in [0.3, 0.4) is 0 Å². The average Bonchev–Trinajstić information content (AvgIpc) is 2.84. The van der Waals surface area contributed by atoms with Crippen molar-refractivity contribution >= 4 is 17.5 Å². The number of aryl methyl sites for hydroxylation is 1. The number of nitrogens with zero attached hydrogens (tertiary/aromatic N) is 3. The number of rotatable bonds is 3. The molecule has 1 aromatic heterocycles. The van der Waals surface area contributed by atoms with E-state index in [-0.39, 0.29) is 5.91 Å². The third-order valence-corrected chi connectivity index (χ3v) is 3.53. The summed E-state index contributed by atoms with van der Waals surface area (Å²) in [5.74, 6) is 0.506. The zero-order valence-corrected chi connectivity index (χ0v) is 11.6. The maximum absolute atomic E-state index is 12.4. The van der Waals surface area contributed by atoms with E-state index < -0.39 is 0 Å². The normalized spacial score (nSPS) is 13.5. The van der Waals surface area contributed by atoms with Gasteiger partial charge in [-0.1, -0.05) is 19.1 Å². The number of anilines is 2. The molecule has 1 amide bonds. The van der Waals surface area contributed by atoms with Gasteiger partial charge in [0.05, 0.1) is 17.8 Å². The van der Waals surface area contributed by atoms with Crippen molar-refractivity contribution < 1.29 is 4.79 Å². The van der Waals surface area contributed by atoms with E-state index in [0.29, 0.717) is 18.1 Å². The molecule has 0 saturated heterocycles. The van der Waals surface area contributed by atoms with Gasteiger partial charge in [-0.05, 0) is 24.1 Å². The number of hydrogen-bond acceptors (Lipinski definition) is 4. The van der Waals surface area contributed by atoms with E-state index in [1.165, 1.54) is 5.56 Å². The number of amides is 1. The average molecular weight is 268 g/mol. The molecule has 5 heteroatoms. The first kappa shape index (κ1) is 12.6. The molecule has 1 aliphatic heterocycles. The van der Waals surface area contributed by atoms with Crippen LogP contribution >= 0.6 is 0 Å². The lowest BCUT2D eigenvalue weighted by Gasteiger charge is -2.15. The Morgan fingerprint density at radius 3 is 2.70 bits per heavy atom. The summed E-state index contributed by atoms with van der Waals surface area (Å²) in [7, 11) is 1.76. The van der Waals surface area contributed by atoms with Crippen molar-refractivity contribution in [3.63, 3.8) is 0 Å². The summed E-state index contributed by atoms with van der Waals surface area (Å²) in [6.07, 6.45) is 2.59. The van der Waals surface area contributed by atoms with Gasteiger partial charge in [0.15, 0.2) is 0 Å². The molecule has 2 heterocycles. The monoisotopic (exact) mass is 268 g/mol. The molecule has 0 saturated carbocycles. The van der Waals surface area contributed by atoms with Gasteiger partial charge in [-0.2, -0.15) is 0 Å². The molecule has 1 N–H and O–H groups in total. The van der Waals surface area contributed by atoms with Gasteiger partial charge in [-0.25, -0.2) is 9.97 Å². The SMILES string of the molecule is CCc1ccc(N2Cc3nc(NC)ncc3C2=O)cc1. The van der Waals surface area contributed by atoms with Crippen molar-refractivity contribution in [3.05, 3.63) is 47.3 Å². The summed E-state index contributed by atoms with van der Waals surface area (Å²) in [4.78, 5) is 22.6. The fraction of sp³-hybridized carbons (Fsp3) is 0.267. The largest absolute Gasteiger partial charge is 0.357 e. The molecule has 1 aromatic carbocycles. The van der Waals surface area contributed by atoms with E-state index in [1.54, 1.807) is 18.1 Å². The van der Waals surface area contributed by atoms with Gasteiger partial charge in [-0.15, -0.1) is 0 Å². The van der Waals surface area contributed by atoms with E-state index in [1.807, 2.05) is 12.1 Å². The number of hydrogen-bond donors (Lipinski definition) is 1. The van der Waals surface area contributed by atoms with E-state index in [9.17, 15) is 4.79 Å². The third-order valence-electron chi connectivity index (χ3n) is 3.53. The lowest BCUT2D eigenvalue weighted by Crippen LogP contribution is -2.22. The van der Waals surface area contributed by atoms with Crippen LogP contribution in [0.1, 0.15) is 28.5 Å². The summed E-state index contributed by atoms with van der Waals surface area (Å²) >= 11 is 0. The fourth-order valence-corrected chi connectivity index (χ4v) is 2.32. The number of carbonyl (C=O) groups is 1. The molecule has 0 unspecified atom stereocenters. The van der Waals surface area contributed by atoms with Crippen LogP contribution in [0.2, 0.25) is 0 Å². The standard InChI is InChI=1S/C15H16N4O/c1-3-10-4-6-11(7-5-10)19-9-13-12(14(19)20)8-17-15(16-2)18-13/h4-8H,3,9H2,1-2H3,(H,16,17,18). The number of benzene rings is 1. The van der Waals surface area contributed by atoms with Gasteiger partial charge >= 0.3 is 0 Å². The molecule has 0 radical (unpaired) electrons. The zero-order chi connectivity index (χ0) is 14.1. The number of carbonyl (C=O) groups excluding carboxylic acids is 1. The van der Waals surface area contributed by atoms with Crippen LogP contribution in [0, 0.1) is 0 Å². The molecule has 0 spiro atoms. The van der Waals surface area contributed by atoms with Crippen molar-refractivity contribution in [2.24, 2.45) is 0 Å². The van der Waals surface area contributed by atoms with E-state index in [0.717, 1.165) is 17.8 Å². The van der Waals surface area contributed by atoms with Crippen molar-refractivity contribution in [1.29, 1.82) is 0 Å². The minimum absolute atomic E-state index is 0.0353. The summed E-state index contributed by atoms with van der Waals surface area (Å²) in [5.41, 5.74) is 3.52. The van der Waals surface area contributed by atoms with E-state index in [4.69, 9.17) is 0 Å². The molecule has 2 aromatic rings. The van der Waals surface area contributed by atoms with Crippen LogP contribution in [-0.4, -0.2) is 22.9 Å². The second-order valence-corrected chi connectivity index (χ2v) is 4.72. The fourth-order valence-electron chi connectivity index (χ4n) is 2.32. The molecule has 102 valence electrons. The number of nitrogens with one attached hydrogen (secondary N) is 1. The Hall–Kier alpha value is -2.43. The molecule has 1 aliphatic rings. The van der Waals surface area contributed by atoms with Gasteiger partial charge < -0.3 is 10.2 Å². The molecular formula is C15H16N4O. The molecule has 0 fully saturated rings. The maximum Gasteiger partial charge on any atom is 0.262 e. The quantitative estimate of drug-likeness (QED) is 0.927. The van der Waals surface area contributed by atoms with Crippen LogP contribution in [0.25, 0.3) is 0 Å². The Bertz CT molecular complexity index is 651. The topological polar surface area (TPSA) is 58.1 Å². The summed E-state index contributed by atoms with van der Waals surface area (Å²) in [6.45, 7) is 2.61. The predicted molar refractivity (Wildman–Crippen MR) is 77.9 cm³/mol.